The van der Waals surface area contributed by atoms with E-state index in [4.69, 9.17) is 5.11 Å². The van der Waals surface area contributed by atoms with E-state index in [2.05, 4.69) is 15.5 Å². The number of carbonyl (C=O) groups excluding carboxylic acids is 2. The lowest BCUT2D eigenvalue weighted by Gasteiger charge is -2.24. The van der Waals surface area contributed by atoms with Crippen LogP contribution in [0.1, 0.15) is 30.8 Å². The van der Waals surface area contributed by atoms with Gasteiger partial charge in [-0.2, -0.15) is 5.10 Å². The van der Waals surface area contributed by atoms with Crippen LogP contribution in [0.2, 0.25) is 0 Å². The number of nitrogens with one attached hydrogen (secondary N) is 2. The Balaban J connectivity index is 2.09. The first kappa shape index (κ1) is 17.5. The number of amides is 2. The van der Waals surface area contributed by atoms with Crippen LogP contribution in [0.4, 0.5) is 0 Å². The SMILES string of the molecule is CCCN(CC(=O)O)C(=O)C(C)NC(=O)c1n[nH]c2ccccc12. The topological polar surface area (TPSA) is 115 Å². The number of hydrogen-bond donors (Lipinski definition) is 3. The second kappa shape index (κ2) is 7.58. The number of carboxylic acid groups (broad SMARTS) is 1. The molecule has 0 aliphatic heterocycles. The molecule has 0 radical (unpaired) electrons. The zero-order chi connectivity index (χ0) is 17.7. The molecule has 1 atom stereocenters. The number of nitrogens with zero attached hydrogens (tertiary/aromatic N) is 2. The number of H-pyrrole nitrogens is 1. The van der Waals surface area contributed by atoms with Crippen LogP contribution >= 0.6 is 0 Å². The second-order valence-corrected chi connectivity index (χ2v) is 5.47. The standard InChI is InChI=1S/C16H20N4O4/c1-3-8-20(9-13(21)22)16(24)10(2)17-15(23)14-11-6-4-5-7-12(11)18-19-14/h4-7,10H,3,8-9H2,1-2H3,(H,17,23)(H,18,19)(H,21,22). The minimum Gasteiger partial charge on any atom is -0.480 e. The quantitative estimate of drug-likeness (QED) is 0.700. The van der Waals surface area contributed by atoms with Crippen molar-refractivity contribution in [3.8, 4) is 0 Å². The molecule has 1 unspecified atom stereocenters. The Morgan fingerprint density at radius 3 is 2.71 bits per heavy atom. The lowest BCUT2D eigenvalue weighted by atomic mass is 10.2. The molecule has 0 aliphatic carbocycles. The van der Waals surface area contributed by atoms with Crippen molar-refractivity contribution in [1.29, 1.82) is 0 Å². The van der Waals surface area contributed by atoms with Gasteiger partial charge in [-0.25, -0.2) is 0 Å². The van der Waals surface area contributed by atoms with Gasteiger partial charge in [-0.3, -0.25) is 19.5 Å². The monoisotopic (exact) mass is 332 g/mol. The van der Waals surface area contributed by atoms with Crippen molar-refractivity contribution in [3.05, 3.63) is 30.0 Å². The summed E-state index contributed by atoms with van der Waals surface area (Å²) in [6.07, 6.45) is 0.629. The maximum atomic E-state index is 12.4. The van der Waals surface area contributed by atoms with Crippen LogP contribution in [0.5, 0.6) is 0 Å². The van der Waals surface area contributed by atoms with Crippen molar-refractivity contribution in [2.45, 2.75) is 26.3 Å². The minimum atomic E-state index is -1.09. The van der Waals surface area contributed by atoms with Gasteiger partial charge in [0, 0.05) is 11.9 Å². The zero-order valence-electron chi connectivity index (χ0n) is 13.6. The second-order valence-electron chi connectivity index (χ2n) is 5.47. The maximum Gasteiger partial charge on any atom is 0.323 e. The predicted molar refractivity (Wildman–Crippen MR) is 87.5 cm³/mol. The molecule has 0 saturated heterocycles. The molecule has 0 aliphatic rings. The van der Waals surface area contributed by atoms with Gasteiger partial charge in [-0.15, -0.1) is 0 Å². The molecule has 1 aromatic heterocycles. The van der Waals surface area contributed by atoms with Crippen molar-refractivity contribution in [1.82, 2.24) is 20.4 Å². The number of fused-ring (bicyclic) bond motifs is 1. The summed E-state index contributed by atoms with van der Waals surface area (Å²) in [5, 5.41) is 18.9. The third-order valence-electron chi connectivity index (χ3n) is 3.53. The molecule has 0 bridgehead atoms. The molecule has 2 aromatic rings. The summed E-state index contributed by atoms with van der Waals surface area (Å²) in [5.41, 5.74) is 0.922. The van der Waals surface area contributed by atoms with E-state index in [0.29, 0.717) is 18.4 Å². The molecule has 1 heterocycles. The lowest BCUT2D eigenvalue weighted by Crippen LogP contribution is -2.48. The fraction of sp³-hybridized carbons (Fsp3) is 0.375. The number of aromatic amines is 1. The van der Waals surface area contributed by atoms with E-state index >= 15 is 0 Å². The number of carbonyl (C=O) groups is 3. The molecule has 24 heavy (non-hydrogen) atoms. The first-order chi connectivity index (χ1) is 11.4. The van der Waals surface area contributed by atoms with E-state index < -0.39 is 30.4 Å². The molecule has 0 fully saturated rings. The van der Waals surface area contributed by atoms with Crippen LogP contribution in [-0.2, 0) is 9.59 Å². The Labute approximate surface area is 138 Å². The summed E-state index contributed by atoms with van der Waals surface area (Å²) in [4.78, 5) is 36.8. The number of aliphatic carboxylic acids is 1. The first-order valence-corrected chi connectivity index (χ1v) is 7.68. The summed E-state index contributed by atoms with van der Waals surface area (Å²) in [6.45, 7) is 3.30. The highest BCUT2D eigenvalue weighted by Crippen LogP contribution is 2.15. The fourth-order valence-corrected chi connectivity index (χ4v) is 2.44. The van der Waals surface area contributed by atoms with Crippen molar-refractivity contribution < 1.29 is 19.5 Å². The number of benzene rings is 1. The number of para-hydroxylation sites is 1. The third-order valence-corrected chi connectivity index (χ3v) is 3.53. The van der Waals surface area contributed by atoms with Crippen LogP contribution in [0.25, 0.3) is 10.9 Å². The van der Waals surface area contributed by atoms with Gasteiger partial charge in [0.15, 0.2) is 5.69 Å². The molecule has 8 nitrogen and oxygen atoms in total. The maximum absolute atomic E-state index is 12.4. The average Bonchev–Trinajstić information content (AvgIpc) is 2.97. The summed E-state index contributed by atoms with van der Waals surface area (Å²) in [7, 11) is 0. The number of aromatic nitrogens is 2. The summed E-state index contributed by atoms with van der Waals surface area (Å²) in [6, 6.07) is 6.32. The predicted octanol–water partition coefficient (Wildman–Crippen LogP) is 1.00. The van der Waals surface area contributed by atoms with Gasteiger partial charge in [-0.1, -0.05) is 25.1 Å². The molecule has 2 amide bonds. The van der Waals surface area contributed by atoms with E-state index in [-0.39, 0.29) is 5.69 Å². The van der Waals surface area contributed by atoms with Crippen LogP contribution < -0.4 is 5.32 Å². The van der Waals surface area contributed by atoms with Crippen molar-refractivity contribution in [2.24, 2.45) is 0 Å². The largest absolute Gasteiger partial charge is 0.480 e. The Kier molecular flexibility index (Phi) is 5.51. The van der Waals surface area contributed by atoms with Crippen LogP contribution in [0.15, 0.2) is 24.3 Å². The van der Waals surface area contributed by atoms with E-state index in [1.807, 2.05) is 13.0 Å². The highest BCUT2D eigenvalue weighted by atomic mass is 16.4. The molecular weight excluding hydrogens is 312 g/mol. The Hall–Kier alpha value is -2.90. The van der Waals surface area contributed by atoms with Gasteiger partial charge >= 0.3 is 5.97 Å². The molecule has 128 valence electrons. The molecule has 0 saturated carbocycles. The smallest absolute Gasteiger partial charge is 0.323 e. The average molecular weight is 332 g/mol. The van der Waals surface area contributed by atoms with E-state index in [0.717, 1.165) is 5.52 Å². The molecule has 2 rings (SSSR count). The Bertz CT molecular complexity index is 755. The lowest BCUT2D eigenvalue weighted by molar-refractivity contribution is -0.145. The molecule has 8 heteroatoms. The molecule has 0 spiro atoms. The van der Waals surface area contributed by atoms with Crippen LogP contribution in [0, 0.1) is 0 Å². The molecular formula is C16H20N4O4. The van der Waals surface area contributed by atoms with Gasteiger partial charge in [0.25, 0.3) is 5.91 Å². The van der Waals surface area contributed by atoms with E-state index in [1.165, 1.54) is 11.8 Å². The number of carboxylic acids is 1. The van der Waals surface area contributed by atoms with E-state index in [1.54, 1.807) is 18.2 Å². The minimum absolute atomic E-state index is 0.200. The van der Waals surface area contributed by atoms with Gasteiger partial charge in [0.1, 0.15) is 12.6 Å². The Morgan fingerprint density at radius 2 is 2.04 bits per heavy atom. The first-order valence-electron chi connectivity index (χ1n) is 7.68. The summed E-state index contributed by atoms with van der Waals surface area (Å²) in [5.74, 6) is -2.01. The van der Waals surface area contributed by atoms with E-state index in [9.17, 15) is 14.4 Å². The third kappa shape index (κ3) is 3.89. The van der Waals surface area contributed by atoms with Gasteiger partial charge in [0.05, 0.1) is 5.52 Å². The van der Waals surface area contributed by atoms with Crippen molar-refractivity contribution in [2.75, 3.05) is 13.1 Å². The number of hydrogen-bond acceptors (Lipinski definition) is 4. The number of rotatable bonds is 7. The van der Waals surface area contributed by atoms with Gasteiger partial charge in [-0.05, 0) is 19.4 Å². The fourth-order valence-electron chi connectivity index (χ4n) is 2.44. The summed E-state index contributed by atoms with van der Waals surface area (Å²) >= 11 is 0. The Morgan fingerprint density at radius 1 is 1.33 bits per heavy atom. The van der Waals surface area contributed by atoms with Gasteiger partial charge < -0.3 is 15.3 Å². The zero-order valence-corrected chi connectivity index (χ0v) is 13.6. The summed E-state index contributed by atoms with van der Waals surface area (Å²) < 4.78 is 0. The normalized spacial score (nSPS) is 11.9. The van der Waals surface area contributed by atoms with Crippen molar-refractivity contribution in [3.63, 3.8) is 0 Å². The highest BCUT2D eigenvalue weighted by molar-refractivity contribution is 6.06. The van der Waals surface area contributed by atoms with Crippen LogP contribution in [-0.4, -0.2) is 57.1 Å². The molecule has 3 N–H and O–H groups in total. The highest BCUT2D eigenvalue weighted by Gasteiger charge is 2.25. The van der Waals surface area contributed by atoms with Crippen LogP contribution in [0.3, 0.4) is 0 Å². The molecule has 1 aromatic carbocycles. The van der Waals surface area contributed by atoms with Crippen molar-refractivity contribution >= 4 is 28.7 Å². The van der Waals surface area contributed by atoms with Gasteiger partial charge in [0.2, 0.25) is 5.91 Å².